The van der Waals surface area contributed by atoms with Crippen molar-refractivity contribution >= 4 is 17.2 Å². The Hall–Kier alpha value is -1.66. The first-order chi connectivity index (χ1) is 11.2. The predicted molar refractivity (Wildman–Crippen MR) is 89.7 cm³/mol. The van der Waals surface area contributed by atoms with Gasteiger partial charge in [0.25, 0.3) is 5.91 Å². The maximum Gasteiger partial charge on any atom is 0.257 e. The van der Waals surface area contributed by atoms with Crippen LogP contribution in [-0.2, 0) is 4.74 Å². The lowest BCUT2D eigenvalue weighted by molar-refractivity contribution is 0.0342. The topological polar surface area (TPSA) is 55.6 Å². The Bertz CT molecular complexity index is 664. The number of hydrogen-bond acceptors (Lipinski definition) is 5. The fraction of sp³-hybridized carbons (Fsp3) is 0.529. The van der Waals surface area contributed by atoms with E-state index >= 15 is 0 Å². The van der Waals surface area contributed by atoms with E-state index in [4.69, 9.17) is 9.15 Å². The maximum absolute atomic E-state index is 12.8. The highest BCUT2D eigenvalue weighted by molar-refractivity contribution is 7.09. The molecule has 3 rings (SSSR count). The fourth-order valence-corrected chi connectivity index (χ4v) is 3.52. The molecule has 1 aliphatic rings. The van der Waals surface area contributed by atoms with Crippen molar-refractivity contribution in [3.05, 3.63) is 28.3 Å². The van der Waals surface area contributed by atoms with Crippen LogP contribution in [0.1, 0.15) is 41.6 Å². The molecule has 0 bridgehead atoms. The number of carbonyl (C=O) groups is 1. The van der Waals surface area contributed by atoms with Gasteiger partial charge in [-0.05, 0) is 39.2 Å². The zero-order valence-electron chi connectivity index (χ0n) is 13.6. The van der Waals surface area contributed by atoms with Crippen LogP contribution >= 0.6 is 11.3 Å². The molecule has 0 radical (unpaired) electrons. The van der Waals surface area contributed by atoms with E-state index in [0.717, 1.165) is 36.5 Å². The Labute approximate surface area is 140 Å². The first kappa shape index (κ1) is 16.2. The third-order valence-corrected chi connectivity index (χ3v) is 4.89. The lowest BCUT2D eigenvalue weighted by atomic mass is 10.0. The highest BCUT2D eigenvalue weighted by Crippen LogP contribution is 2.26. The molecular weight excluding hydrogens is 312 g/mol. The number of piperidine rings is 1. The first-order valence-electron chi connectivity index (χ1n) is 8.08. The van der Waals surface area contributed by atoms with Gasteiger partial charge in [0.05, 0.1) is 23.2 Å². The zero-order chi connectivity index (χ0) is 16.2. The third-order valence-electron chi connectivity index (χ3n) is 4.12. The highest BCUT2D eigenvalue weighted by Gasteiger charge is 2.28. The van der Waals surface area contributed by atoms with Crippen LogP contribution in [0.3, 0.4) is 0 Å². The lowest BCUT2D eigenvalue weighted by Gasteiger charge is -2.35. The van der Waals surface area contributed by atoms with Crippen LogP contribution in [0.5, 0.6) is 0 Å². The summed E-state index contributed by atoms with van der Waals surface area (Å²) in [5, 5.41) is 2.93. The lowest BCUT2D eigenvalue weighted by Crippen LogP contribution is -2.46. The molecular formula is C17H22N2O3S. The van der Waals surface area contributed by atoms with Gasteiger partial charge in [0, 0.05) is 18.5 Å². The summed E-state index contributed by atoms with van der Waals surface area (Å²) in [5.74, 6) is 0.674. The number of amides is 1. The smallest absolute Gasteiger partial charge is 0.257 e. The van der Waals surface area contributed by atoms with E-state index in [1.807, 2.05) is 24.1 Å². The summed E-state index contributed by atoms with van der Waals surface area (Å²) in [7, 11) is 0. The van der Waals surface area contributed by atoms with Crippen LogP contribution < -0.4 is 0 Å². The molecule has 5 nitrogen and oxygen atoms in total. The predicted octanol–water partition coefficient (Wildman–Crippen LogP) is 3.74. The molecule has 1 unspecified atom stereocenters. The molecule has 1 atom stereocenters. The van der Waals surface area contributed by atoms with Crippen molar-refractivity contribution in [2.75, 3.05) is 19.8 Å². The molecule has 1 fully saturated rings. The number of carbonyl (C=O) groups excluding carboxylic acids is 1. The number of aromatic nitrogens is 1. The number of nitrogens with zero attached hydrogens (tertiary/aromatic N) is 2. The Morgan fingerprint density at radius 3 is 3.13 bits per heavy atom. The van der Waals surface area contributed by atoms with Crippen LogP contribution in [0, 0.1) is 6.92 Å². The van der Waals surface area contributed by atoms with Crippen molar-refractivity contribution in [3.63, 3.8) is 0 Å². The molecule has 6 heteroatoms. The molecule has 1 aliphatic heterocycles. The van der Waals surface area contributed by atoms with Gasteiger partial charge < -0.3 is 14.1 Å². The van der Waals surface area contributed by atoms with Crippen LogP contribution in [0.2, 0.25) is 0 Å². The van der Waals surface area contributed by atoms with Crippen LogP contribution in [0.25, 0.3) is 11.5 Å². The van der Waals surface area contributed by atoms with Crippen molar-refractivity contribution in [1.82, 2.24) is 9.88 Å². The monoisotopic (exact) mass is 334 g/mol. The van der Waals surface area contributed by atoms with Gasteiger partial charge in [0.2, 0.25) is 0 Å². The van der Waals surface area contributed by atoms with Gasteiger partial charge >= 0.3 is 0 Å². The van der Waals surface area contributed by atoms with Gasteiger partial charge in [-0.2, -0.15) is 0 Å². The van der Waals surface area contributed by atoms with Gasteiger partial charge in [0.15, 0.2) is 5.76 Å². The van der Waals surface area contributed by atoms with Crippen LogP contribution in [0.15, 0.2) is 22.1 Å². The van der Waals surface area contributed by atoms with E-state index in [9.17, 15) is 4.79 Å². The van der Waals surface area contributed by atoms with E-state index in [0.29, 0.717) is 24.5 Å². The Morgan fingerprint density at radius 2 is 2.39 bits per heavy atom. The summed E-state index contributed by atoms with van der Waals surface area (Å²) < 4.78 is 11.1. The van der Waals surface area contributed by atoms with E-state index in [1.54, 1.807) is 23.7 Å². The third kappa shape index (κ3) is 3.64. The molecule has 124 valence electrons. The standard InChI is InChI=1S/C17H22N2O3S/c1-3-21-10-14-6-4-5-7-19(14)17(20)13-8-16(22-9-13)15-11-23-12(2)18-15/h8-9,11,14H,3-7,10H2,1-2H3. The van der Waals surface area contributed by atoms with E-state index in [1.165, 1.54) is 0 Å². The number of furan rings is 1. The molecule has 23 heavy (non-hydrogen) atoms. The van der Waals surface area contributed by atoms with Crippen molar-refractivity contribution < 1.29 is 13.9 Å². The number of rotatable bonds is 5. The summed E-state index contributed by atoms with van der Waals surface area (Å²) >= 11 is 1.57. The number of likely N-dealkylation sites (tertiary alicyclic amines) is 1. The average molecular weight is 334 g/mol. The minimum Gasteiger partial charge on any atom is -0.462 e. The normalized spacial score (nSPS) is 18.3. The number of hydrogen-bond donors (Lipinski definition) is 0. The molecule has 0 aliphatic carbocycles. The summed E-state index contributed by atoms with van der Waals surface area (Å²) in [6, 6.07) is 1.96. The minimum atomic E-state index is 0.0244. The summed E-state index contributed by atoms with van der Waals surface area (Å²) in [6.45, 7) is 6.01. The quantitative estimate of drug-likeness (QED) is 0.836. The van der Waals surface area contributed by atoms with Crippen molar-refractivity contribution in [1.29, 1.82) is 0 Å². The van der Waals surface area contributed by atoms with Gasteiger partial charge in [-0.15, -0.1) is 11.3 Å². The Kier molecular flexibility index (Phi) is 5.13. The molecule has 2 aromatic rings. The second kappa shape index (κ2) is 7.27. The van der Waals surface area contributed by atoms with Gasteiger partial charge in [0.1, 0.15) is 12.0 Å². The molecule has 0 spiro atoms. The van der Waals surface area contributed by atoms with Gasteiger partial charge in [-0.3, -0.25) is 4.79 Å². The zero-order valence-corrected chi connectivity index (χ0v) is 14.4. The Morgan fingerprint density at radius 1 is 1.52 bits per heavy atom. The Balaban J connectivity index is 1.75. The largest absolute Gasteiger partial charge is 0.462 e. The summed E-state index contributed by atoms with van der Waals surface area (Å²) in [4.78, 5) is 19.1. The number of thiazole rings is 1. The average Bonchev–Trinajstić information content (AvgIpc) is 3.21. The van der Waals surface area contributed by atoms with E-state index in [-0.39, 0.29) is 11.9 Å². The number of aryl methyl sites for hydroxylation is 1. The van der Waals surface area contributed by atoms with Gasteiger partial charge in [-0.25, -0.2) is 4.98 Å². The molecule has 3 heterocycles. The van der Waals surface area contributed by atoms with Crippen molar-refractivity contribution in [3.8, 4) is 11.5 Å². The van der Waals surface area contributed by atoms with Crippen LogP contribution in [0.4, 0.5) is 0 Å². The molecule has 0 N–H and O–H groups in total. The SMILES string of the molecule is CCOCC1CCCCN1C(=O)c1coc(-c2csc(C)n2)c1. The second-order valence-corrected chi connectivity index (χ2v) is 6.82. The highest BCUT2D eigenvalue weighted by atomic mass is 32.1. The van der Waals surface area contributed by atoms with E-state index < -0.39 is 0 Å². The van der Waals surface area contributed by atoms with Crippen molar-refractivity contribution in [2.45, 2.75) is 39.2 Å². The molecule has 0 saturated carbocycles. The molecule has 0 aromatic carbocycles. The number of ether oxygens (including phenoxy) is 1. The van der Waals surface area contributed by atoms with Gasteiger partial charge in [-0.1, -0.05) is 0 Å². The fourth-order valence-electron chi connectivity index (χ4n) is 2.92. The summed E-state index contributed by atoms with van der Waals surface area (Å²) in [6.07, 6.45) is 4.74. The minimum absolute atomic E-state index is 0.0244. The van der Waals surface area contributed by atoms with E-state index in [2.05, 4.69) is 4.98 Å². The summed E-state index contributed by atoms with van der Waals surface area (Å²) in [5.41, 5.74) is 1.38. The first-order valence-corrected chi connectivity index (χ1v) is 8.96. The maximum atomic E-state index is 12.8. The van der Waals surface area contributed by atoms with Crippen molar-refractivity contribution in [2.24, 2.45) is 0 Å². The van der Waals surface area contributed by atoms with Crippen LogP contribution in [-0.4, -0.2) is 41.6 Å². The second-order valence-electron chi connectivity index (χ2n) is 5.76. The molecule has 1 saturated heterocycles. The molecule has 1 amide bonds. The molecule has 2 aromatic heterocycles.